The zero-order valence-corrected chi connectivity index (χ0v) is 17.7. The monoisotopic (exact) mass is 426 g/mol. The fraction of sp³-hybridized carbons (Fsp3) is 0.318. The van der Waals surface area contributed by atoms with Crippen LogP contribution in [0.25, 0.3) is 5.69 Å². The maximum atomic E-state index is 13.2. The van der Waals surface area contributed by atoms with E-state index in [1.54, 1.807) is 7.11 Å². The number of rotatable bonds is 8. The Balaban J connectivity index is 1.36. The summed E-state index contributed by atoms with van der Waals surface area (Å²) in [5, 5.41) is 12.0. The van der Waals surface area contributed by atoms with Gasteiger partial charge in [-0.05, 0) is 61.7 Å². The van der Waals surface area contributed by atoms with E-state index in [9.17, 15) is 9.18 Å². The summed E-state index contributed by atoms with van der Waals surface area (Å²) < 4.78 is 20.3. The van der Waals surface area contributed by atoms with Crippen LogP contribution < -0.4 is 10.1 Å². The van der Waals surface area contributed by atoms with Crippen molar-refractivity contribution in [3.05, 3.63) is 65.7 Å². The minimum absolute atomic E-state index is 0.0599. The number of hydrogen-bond acceptors (Lipinski definition) is 5. The topological polar surface area (TPSA) is 69.0 Å². The Kier molecular flexibility index (Phi) is 5.76. The van der Waals surface area contributed by atoms with Gasteiger partial charge in [-0.1, -0.05) is 23.9 Å². The van der Waals surface area contributed by atoms with Gasteiger partial charge < -0.3 is 10.1 Å². The first-order chi connectivity index (χ1) is 14.5. The molecule has 1 saturated carbocycles. The summed E-state index contributed by atoms with van der Waals surface area (Å²) in [4.78, 5) is 12.4. The summed E-state index contributed by atoms with van der Waals surface area (Å²) in [5.74, 6) is 1.46. The summed E-state index contributed by atoms with van der Waals surface area (Å²) >= 11 is 1.35. The van der Waals surface area contributed by atoms with Crippen molar-refractivity contribution in [2.24, 2.45) is 0 Å². The fourth-order valence-corrected chi connectivity index (χ4v) is 4.26. The SMILES string of the molecule is COc1ccc(-n2c(C)nnc2SCC(=O)NCC2(c3ccc(F)cc3)CC2)cc1. The molecular formula is C22H23FN4O2S. The number of nitrogens with zero attached hydrogens (tertiary/aromatic N) is 3. The number of thioether (sulfide) groups is 1. The first-order valence-corrected chi connectivity index (χ1v) is 10.7. The van der Waals surface area contributed by atoms with Gasteiger partial charge in [0.05, 0.1) is 12.9 Å². The van der Waals surface area contributed by atoms with Crippen molar-refractivity contribution in [3.63, 3.8) is 0 Å². The van der Waals surface area contributed by atoms with Crippen LogP contribution in [0, 0.1) is 12.7 Å². The van der Waals surface area contributed by atoms with E-state index < -0.39 is 0 Å². The first-order valence-electron chi connectivity index (χ1n) is 9.73. The van der Waals surface area contributed by atoms with Gasteiger partial charge >= 0.3 is 0 Å². The lowest BCUT2D eigenvalue weighted by molar-refractivity contribution is -0.118. The fourth-order valence-electron chi connectivity index (χ4n) is 3.44. The average molecular weight is 427 g/mol. The Labute approximate surface area is 178 Å². The highest BCUT2D eigenvalue weighted by atomic mass is 32.2. The normalized spacial score (nSPS) is 14.4. The molecule has 156 valence electrons. The molecular weight excluding hydrogens is 403 g/mol. The van der Waals surface area contributed by atoms with Gasteiger partial charge in [-0.25, -0.2) is 4.39 Å². The number of nitrogens with one attached hydrogen (secondary N) is 1. The summed E-state index contributed by atoms with van der Waals surface area (Å²) in [5.41, 5.74) is 1.93. The van der Waals surface area contributed by atoms with E-state index in [4.69, 9.17) is 4.74 Å². The first kappa shape index (κ1) is 20.4. The summed E-state index contributed by atoms with van der Waals surface area (Å²) in [6.45, 7) is 2.43. The van der Waals surface area contributed by atoms with Crippen LogP contribution in [0.5, 0.6) is 5.75 Å². The molecule has 0 spiro atoms. The van der Waals surface area contributed by atoms with Gasteiger partial charge in [-0.3, -0.25) is 9.36 Å². The van der Waals surface area contributed by atoms with Gasteiger partial charge in [0.1, 0.15) is 17.4 Å². The van der Waals surface area contributed by atoms with Crippen molar-refractivity contribution in [2.75, 3.05) is 19.4 Å². The smallest absolute Gasteiger partial charge is 0.230 e. The second-order valence-electron chi connectivity index (χ2n) is 7.42. The summed E-state index contributed by atoms with van der Waals surface area (Å²) in [6, 6.07) is 14.2. The van der Waals surface area contributed by atoms with Crippen molar-refractivity contribution in [1.82, 2.24) is 20.1 Å². The maximum Gasteiger partial charge on any atom is 0.230 e. The number of methoxy groups -OCH3 is 1. The molecule has 1 heterocycles. The molecule has 1 fully saturated rings. The number of carbonyl (C=O) groups is 1. The number of halogens is 1. The number of carbonyl (C=O) groups excluding carboxylic acids is 1. The lowest BCUT2D eigenvalue weighted by Gasteiger charge is -2.16. The van der Waals surface area contributed by atoms with E-state index >= 15 is 0 Å². The van der Waals surface area contributed by atoms with E-state index in [1.165, 1.54) is 23.9 Å². The van der Waals surface area contributed by atoms with Gasteiger partial charge in [0.25, 0.3) is 0 Å². The van der Waals surface area contributed by atoms with E-state index in [1.807, 2.05) is 47.9 Å². The van der Waals surface area contributed by atoms with Gasteiger partial charge in [-0.2, -0.15) is 0 Å². The second-order valence-corrected chi connectivity index (χ2v) is 8.36. The van der Waals surface area contributed by atoms with Crippen molar-refractivity contribution in [1.29, 1.82) is 0 Å². The van der Waals surface area contributed by atoms with Crippen LogP contribution in [-0.2, 0) is 10.2 Å². The minimum atomic E-state index is -0.244. The lowest BCUT2D eigenvalue weighted by Crippen LogP contribution is -2.33. The number of aryl methyl sites for hydroxylation is 1. The van der Waals surface area contributed by atoms with E-state index in [0.717, 1.165) is 35.7 Å². The Morgan fingerprint density at radius 2 is 1.87 bits per heavy atom. The second kappa shape index (κ2) is 8.47. The zero-order chi connectivity index (χ0) is 21.1. The Bertz CT molecular complexity index is 1030. The molecule has 0 bridgehead atoms. The Hall–Kier alpha value is -2.87. The van der Waals surface area contributed by atoms with Crippen LogP contribution in [0.1, 0.15) is 24.2 Å². The molecule has 2 aromatic carbocycles. The molecule has 0 radical (unpaired) electrons. The molecule has 0 aliphatic heterocycles. The molecule has 6 nitrogen and oxygen atoms in total. The molecule has 3 aromatic rings. The molecule has 0 unspecified atom stereocenters. The molecule has 8 heteroatoms. The van der Waals surface area contributed by atoms with Crippen molar-refractivity contribution in [2.45, 2.75) is 30.3 Å². The minimum Gasteiger partial charge on any atom is -0.497 e. The largest absolute Gasteiger partial charge is 0.497 e. The molecule has 30 heavy (non-hydrogen) atoms. The summed E-state index contributed by atoms with van der Waals surface area (Å²) in [7, 11) is 1.63. The van der Waals surface area contributed by atoms with Gasteiger partial charge in [0.15, 0.2) is 5.16 Å². The van der Waals surface area contributed by atoms with Crippen molar-refractivity contribution in [3.8, 4) is 11.4 Å². The van der Waals surface area contributed by atoms with Crippen LogP contribution in [0.15, 0.2) is 53.7 Å². The van der Waals surface area contributed by atoms with E-state index in [2.05, 4.69) is 15.5 Å². The van der Waals surface area contributed by atoms with Crippen molar-refractivity contribution >= 4 is 17.7 Å². The quantitative estimate of drug-likeness (QED) is 0.557. The highest BCUT2D eigenvalue weighted by molar-refractivity contribution is 7.99. The number of aromatic nitrogens is 3. The third-order valence-corrected chi connectivity index (χ3v) is 6.32. The van der Waals surface area contributed by atoms with E-state index in [-0.39, 0.29) is 22.9 Å². The molecule has 0 saturated heterocycles. The van der Waals surface area contributed by atoms with Crippen LogP contribution >= 0.6 is 11.8 Å². The van der Waals surface area contributed by atoms with Crippen LogP contribution in [0.2, 0.25) is 0 Å². The predicted molar refractivity (Wildman–Crippen MR) is 114 cm³/mol. The molecule has 1 aliphatic carbocycles. The standard InChI is InChI=1S/C22H23FN4O2S/c1-15-25-26-21(27(15)18-7-9-19(29-2)10-8-18)30-13-20(28)24-14-22(11-12-22)16-3-5-17(23)6-4-16/h3-10H,11-14H2,1-2H3,(H,24,28). The lowest BCUT2D eigenvalue weighted by atomic mass is 9.96. The molecule has 1 aliphatic rings. The Morgan fingerprint density at radius 3 is 2.50 bits per heavy atom. The Morgan fingerprint density at radius 1 is 1.17 bits per heavy atom. The van der Waals surface area contributed by atoms with Crippen LogP contribution in [0.4, 0.5) is 4.39 Å². The molecule has 1 amide bonds. The third-order valence-electron chi connectivity index (χ3n) is 5.39. The number of hydrogen-bond donors (Lipinski definition) is 1. The molecule has 1 N–H and O–H groups in total. The van der Waals surface area contributed by atoms with Gasteiger partial charge in [0, 0.05) is 17.6 Å². The molecule has 0 atom stereocenters. The summed E-state index contributed by atoms with van der Waals surface area (Å²) in [6.07, 6.45) is 1.99. The zero-order valence-electron chi connectivity index (χ0n) is 16.9. The molecule has 4 rings (SSSR count). The number of amides is 1. The van der Waals surface area contributed by atoms with Gasteiger partial charge in [0.2, 0.25) is 5.91 Å². The maximum absolute atomic E-state index is 13.2. The number of benzene rings is 2. The van der Waals surface area contributed by atoms with Crippen LogP contribution in [0.3, 0.4) is 0 Å². The third kappa shape index (κ3) is 4.33. The van der Waals surface area contributed by atoms with Crippen LogP contribution in [-0.4, -0.2) is 40.1 Å². The number of ether oxygens (including phenoxy) is 1. The van der Waals surface area contributed by atoms with Crippen molar-refractivity contribution < 1.29 is 13.9 Å². The average Bonchev–Trinajstić information content (AvgIpc) is 3.47. The van der Waals surface area contributed by atoms with E-state index in [0.29, 0.717) is 11.7 Å². The van der Waals surface area contributed by atoms with Gasteiger partial charge in [-0.15, -0.1) is 10.2 Å². The predicted octanol–water partition coefficient (Wildman–Crippen LogP) is 3.66. The highest BCUT2D eigenvalue weighted by Gasteiger charge is 2.44. The highest BCUT2D eigenvalue weighted by Crippen LogP contribution is 2.47. The molecule has 1 aromatic heterocycles.